The molecule has 6 rings (SSSR count). The van der Waals surface area contributed by atoms with E-state index in [-0.39, 0.29) is 16.0 Å². The van der Waals surface area contributed by atoms with E-state index in [0.29, 0.717) is 6.61 Å². The fourth-order valence-corrected chi connectivity index (χ4v) is 5.20. The zero-order valence-corrected chi connectivity index (χ0v) is 18.1. The first kappa shape index (κ1) is 20.7. The molecule has 166 valence electrons. The van der Waals surface area contributed by atoms with Crippen LogP contribution in [-0.4, -0.2) is 77.8 Å². The largest absolute Gasteiger partial charge is 0.493 e. The summed E-state index contributed by atoms with van der Waals surface area (Å²) in [5, 5.41) is 20.6. The minimum atomic E-state index is -0.362. The van der Waals surface area contributed by atoms with Gasteiger partial charge in [0.1, 0.15) is 5.75 Å². The van der Waals surface area contributed by atoms with Crippen molar-refractivity contribution in [2.75, 3.05) is 46.2 Å². The maximum absolute atomic E-state index is 11.4. The molecule has 0 amide bonds. The van der Waals surface area contributed by atoms with E-state index in [1.807, 2.05) is 37.3 Å². The number of ether oxygens (including phenoxy) is 1. The van der Waals surface area contributed by atoms with Gasteiger partial charge in [0, 0.05) is 42.9 Å². The maximum Gasteiger partial charge on any atom is 0.270 e. The Hall–Kier alpha value is -3.14. The molecular formula is C23H26N6O3. The standard InChI is InChI=1S/C23H26N6O3/c1-2-32-21-9-4-3-6-19(21)11-24-25-22(18-7-5-8-20(10-18)29(30)31)23-12-26-15-27(13-23)17-28(14-23)16-26/h3-11H,2,12-17H2,1H3/b24-11+,25-22-. The third-order valence-electron chi connectivity index (χ3n) is 6.18. The predicted molar refractivity (Wildman–Crippen MR) is 122 cm³/mol. The van der Waals surface area contributed by atoms with Gasteiger partial charge in [0.2, 0.25) is 0 Å². The van der Waals surface area contributed by atoms with Crippen LogP contribution < -0.4 is 4.74 Å². The molecule has 9 nitrogen and oxygen atoms in total. The molecule has 9 heteroatoms. The highest BCUT2D eigenvalue weighted by Crippen LogP contribution is 2.39. The summed E-state index contributed by atoms with van der Waals surface area (Å²) in [6.07, 6.45) is 1.70. The lowest BCUT2D eigenvalue weighted by atomic mass is 9.74. The van der Waals surface area contributed by atoms with Crippen LogP contribution in [0.1, 0.15) is 18.1 Å². The Balaban J connectivity index is 1.55. The van der Waals surface area contributed by atoms with Crippen molar-refractivity contribution in [3.8, 4) is 5.75 Å². The van der Waals surface area contributed by atoms with Gasteiger partial charge in [-0.15, -0.1) is 0 Å². The van der Waals surface area contributed by atoms with Crippen molar-refractivity contribution >= 4 is 17.6 Å². The van der Waals surface area contributed by atoms with Crippen LogP contribution in [0.15, 0.2) is 58.7 Å². The molecule has 0 N–H and O–H groups in total. The molecule has 0 atom stereocenters. The van der Waals surface area contributed by atoms with E-state index in [9.17, 15) is 10.1 Å². The average Bonchev–Trinajstić information content (AvgIpc) is 2.77. The van der Waals surface area contributed by atoms with E-state index < -0.39 is 0 Å². The summed E-state index contributed by atoms with van der Waals surface area (Å²) in [5.74, 6) is 0.754. The summed E-state index contributed by atoms with van der Waals surface area (Å²) in [5.41, 5.74) is 2.20. The number of non-ortho nitro benzene ring substituents is 1. The van der Waals surface area contributed by atoms with E-state index in [1.54, 1.807) is 18.3 Å². The summed E-state index contributed by atoms with van der Waals surface area (Å²) in [6.45, 7) is 7.96. The number of hydrogen-bond acceptors (Lipinski definition) is 8. The Bertz CT molecular complexity index is 1050. The Morgan fingerprint density at radius 2 is 1.78 bits per heavy atom. The molecular weight excluding hydrogens is 408 g/mol. The van der Waals surface area contributed by atoms with Crippen LogP contribution >= 0.6 is 0 Å². The van der Waals surface area contributed by atoms with Crippen LogP contribution in [-0.2, 0) is 0 Å². The second-order valence-corrected chi connectivity index (χ2v) is 8.66. The Morgan fingerprint density at radius 3 is 2.44 bits per heavy atom. The number of hydrogen-bond donors (Lipinski definition) is 0. The van der Waals surface area contributed by atoms with Gasteiger partial charge in [-0.25, -0.2) is 0 Å². The first-order valence-electron chi connectivity index (χ1n) is 10.8. The molecule has 4 saturated heterocycles. The van der Waals surface area contributed by atoms with Crippen LogP contribution in [0, 0.1) is 15.5 Å². The fraction of sp³-hybridized carbons (Fsp3) is 0.391. The summed E-state index contributed by atoms with van der Waals surface area (Å²) in [6, 6.07) is 14.4. The zero-order valence-electron chi connectivity index (χ0n) is 18.1. The normalized spacial score (nSPS) is 28.9. The molecule has 0 radical (unpaired) electrons. The van der Waals surface area contributed by atoms with Crippen molar-refractivity contribution in [3.63, 3.8) is 0 Å². The first-order chi connectivity index (χ1) is 15.6. The fourth-order valence-electron chi connectivity index (χ4n) is 5.20. The molecule has 4 heterocycles. The quantitative estimate of drug-likeness (QED) is 0.378. The molecule has 2 aromatic carbocycles. The van der Waals surface area contributed by atoms with Crippen LogP contribution in [0.5, 0.6) is 5.75 Å². The highest BCUT2D eigenvalue weighted by Gasteiger charge is 2.52. The van der Waals surface area contributed by atoms with Crippen molar-refractivity contribution in [2.45, 2.75) is 6.92 Å². The lowest BCUT2D eigenvalue weighted by Gasteiger charge is -2.60. The van der Waals surface area contributed by atoms with Gasteiger partial charge in [0.15, 0.2) is 0 Å². The van der Waals surface area contributed by atoms with E-state index in [1.165, 1.54) is 6.07 Å². The van der Waals surface area contributed by atoms with Gasteiger partial charge < -0.3 is 4.74 Å². The van der Waals surface area contributed by atoms with E-state index in [2.05, 4.69) is 19.8 Å². The molecule has 0 spiro atoms. The van der Waals surface area contributed by atoms with E-state index in [0.717, 1.165) is 62.2 Å². The molecule has 0 unspecified atom stereocenters. The SMILES string of the molecule is CCOc1ccccc1/C=N/N=C(/c1cccc([N+](=O)[O-])c1)C12CN3CN(CN(C3)C1)C2. The summed E-state index contributed by atoms with van der Waals surface area (Å²) >= 11 is 0. The van der Waals surface area contributed by atoms with Gasteiger partial charge in [-0.3, -0.25) is 24.8 Å². The predicted octanol–water partition coefficient (Wildman–Crippen LogP) is 2.62. The molecule has 0 aliphatic carbocycles. The highest BCUT2D eigenvalue weighted by atomic mass is 16.6. The van der Waals surface area contributed by atoms with Gasteiger partial charge in [-0.2, -0.15) is 10.2 Å². The Kier molecular flexibility index (Phi) is 5.46. The minimum absolute atomic E-state index is 0.0616. The molecule has 4 fully saturated rings. The lowest BCUT2D eigenvalue weighted by molar-refractivity contribution is -0.384. The van der Waals surface area contributed by atoms with Crippen molar-refractivity contribution in [3.05, 3.63) is 69.8 Å². The van der Waals surface area contributed by atoms with E-state index >= 15 is 0 Å². The topological polar surface area (TPSA) is 86.8 Å². The first-order valence-corrected chi connectivity index (χ1v) is 10.8. The average molecular weight is 435 g/mol. The third kappa shape index (κ3) is 3.90. The molecule has 0 saturated carbocycles. The van der Waals surface area contributed by atoms with Crippen LogP contribution in [0.3, 0.4) is 0 Å². The van der Waals surface area contributed by atoms with Crippen molar-refractivity contribution < 1.29 is 9.66 Å². The molecule has 0 aromatic heterocycles. The van der Waals surface area contributed by atoms with Gasteiger partial charge in [-0.05, 0) is 19.1 Å². The van der Waals surface area contributed by atoms with Crippen LogP contribution in [0.2, 0.25) is 0 Å². The summed E-state index contributed by atoms with van der Waals surface area (Å²) in [7, 11) is 0. The summed E-state index contributed by atoms with van der Waals surface area (Å²) < 4.78 is 5.69. The number of nitro groups is 1. The molecule has 32 heavy (non-hydrogen) atoms. The third-order valence-corrected chi connectivity index (χ3v) is 6.18. The van der Waals surface area contributed by atoms with Crippen molar-refractivity contribution in [1.82, 2.24) is 14.7 Å². The number of nitrogens with zero attached hydrogens (tertiary/aromatic N) is 6. The second kappa shape index (κ2) is 8.42. The molecule has 4 aliphatic heterocycles. The van der Waals surface area contributed by atoms with Gasteiger partial charge in [0.05, 0.1) is 48.9 Å². The van der Waals surface area contributed by atoms with Gasteiger partial charge in [0.25, 0.3) is 5.69 Å². The van der Waals surface area contributed by atoms with Gasteiger partial charge >= 0.3 is 0 Å². The van der Waals surface area contributed by atoms with Gasteiger partial charge in [-0.1, -0.05) is 24.3 Å². The van der Waals surface area contributed by atoms with E-state index in [4.69, 9.17) is 9.84 Å². The Morgan fingerprint density at radius 1 is 1.09 bits per heavy atom. The zero-order chi connectivity index (χ0) is 22.1. The molecule has 4 bridgehead atoms. The number of para-hydroxylation sites is 1. The highest BCUT2D eigenvalue weighted by molar-refractivity contribution is 6.06. The Labute approximate surface area is 186 Å². The lowest BCUT2D eigenvalue weighted by Crippen LogP contribution is -2.74. The maximum atomic E-state index is 11.4. The monoisotopic (exact) mass is 434 g/mol. The van der Waals surface area contributed by atoms with Crippen LogP contribution in [0.25, 0.3) is 0 Å². The number of benzene rings is 2. The molecule has 4 aliphatic rings. The molecule has 2 aromatic rings. The number of nitro benzene ring substituents is 1. The smallest absolute Gasteiger partial charge is 0.270 e. The number of rotatable bonds is 7. The van der Waals surface area contributed by atoms with Crippen molar-refractivity contribution in [2.24, 2.45) is 15.6 Å². The minimum Gasteiger partial charge on any atom is -0.493 e. The van der Waals surface area contributed by atoms with Crippen molar-refractivity contribution in [1.29, 1.82) is 0 Å². The van der Waals surface area contributed by atoms with Crippen LogP contribution in [0.4, 0.5) is 5.69 Å². The summed E-state index contributed by atoms with van der Waals surface area (Å²) in [4.78, 5) is 18.3. The second-order valence-electron chi connectivity index (χ2n) is 8.66.